The number of fused-ring (bicyclic) bond motifs is 2. The van der Waals surface area contributed by atoms with E-state index < -0.39 is 53.9 Å². The molecule has 0 bridgehead atoms. The number of nitrogens with zero attached hydrogens (tertiary/aromatic N) is 1. The Labute approximate surface area is 247 Å². The summed E-state index contributed by atoms with van der Waals surface area (Å²) in [7, 11) is 0. The van der Waals surface area contributed by atoms with Gasteiger partial charge in [0.05, 0.1) is 24.2 Å². The SMILES string of the molecule is CC(=O)CCC(=O)O[C@H]1[C@@H]2OC(c3ccccc3)OC[C@H]2O[C@@H](Sc2ccccc2)[C@@H]1N1C(=O)c2ccccc2C1=O. The van der Waals surface area contributed by atoms with Gasteiger partial charge in [0.1, 0.15) is 29.5 Å². The quantitative estimate of drug-likeness (QED) is 0.277. The Morgan fingerprint density at radius 2 is 1.48 bits per heavy atom. The lowest BCUT2D eigenvalue weighted by atomic mass is 9.95. The summed E-state index contributed by atoms with van der Waals surface area (Å²) in [4.78, 5) is 54.3. The molecule has 3 aliphatic rings. The van der Waals surface area contributed by atoms with Gasteiger partial charge in [-0.3, -0.25) is 19.3 Å². The van der Waals surface area contributed by atoms with Crippen LogP contribution in [0.15, 0.2) is 89.8 Å². The normalized spacial score (nSPS) is 26.8. The first kappa shape index (κ1) is 28.3. The largest absolute Gasteiger partial charge is 0.457 e. The Balaban J connectivity index is 1.40. The molecule has 3 aromatic rings. The van der Waals surface area contributed by atoms with E-state index in [0.717, 1.165) is 15.4 Å². The first-order valence-corrected chi connectivity index (χ1v) is 14.6. The van der Waals surface area contributed by atoms with Gasteiger partial charge in [0.15, 0.2) is 12.4 Å². The minimum absolute atomic E-state index is 0.00658. The molecule has 42 heavy (non-hydrogen) atoms. The summed E-state index contributed by atoms with van der Waals surface area (Å²) in [5, 5.41) is 0. The highest BCUT2D eigenvalue weighted by atomic mass is 32.2. The van der Waals surface area contributed by atoms with Crippen molar-refractivity contribution in [1.29, 1.82) is 0 Å². The van der Waals surface area contributed by atoms with Crippen LogP contribution in [0.1, 0.15) is 52.3 Å². The predicted molar refractivity (Wildman–Crippen MR) is 151 cm³/mol. The third-order valence-corrected chi connectivity index (χ3v) is 8.61. The first-order valence-electron chi connectivity index (χ1n) is 13.8. The van der Waals surface area contributed by atoms with Gasteiger partial charge in [0.25, 0.3) is 11.8 Å². The summed E-state index contributed by atoms with van der Waals surface area (Å²) in [5.74, 6) is -1.79. The van der Waals surface area contributed by atoms with Crippen molar-refractivity contribution in [2.45, 2.75) is 60.7 Å². The number of carbonyl (C=O) groups is 4. The lowest BCUT2D eigenvalue weighted by Crippen LogP contribution is -2.67. The van der Waals surface area contributed by atoms with Crippen LogP contribution in [-0.2, 0) is 28.5 Å². The molecule has 0 spiro atoms. The number of Topliss-reactive ketones (excluding diaryl/α,β-unsaturated/α-hetero) is 1. The van der Waals surface area contributed by atoms with E-state index in [0.29, 0.717) is 0 Å². The van der Waals surface area contributed by atoms with Crippen molar-refractivity contribution in [3.63, 3.8) is 0 Å². The van der Waals surface area contributed by atoms with E-state index >= 15 is 0 Å². The van der Waals surface area contributed by atoms with E-state index in [9.17, 15) is 19.2 Å². The van der Waals surface area contributed by atoms with E-state index in [1.807, 2.05) is 60.7 Å². The third-order valence-electron chi connectivity index (χ3n) is 7.45. The summed E-state index contributed by atoms with van der Waals surface area (Å²) in [6, 6.07) is 24.3. The van der Waals surface area contributed by atoms with E-state index in [2.05, 4.69) is 0 Å². The molecular weight excluding hydrogens is 558 g/mol. The van der Waals surface area contributed by atoms with Gasteiger partial charge in [-0.25, -0.2) is 0 Å². The number of hydrogen-bond donors (Lipinski definition) is 0. The summed E-state index contributed by atoms with van der Waals surface area (Å²) < 4.78 is 25.0. The average molecular weight is 588 g/mol. The van der Waals surface area contributed by atoms with Crippen molar-refractivity contribution in [2.75, 3.05) is 6.61 Å². The predicted octanol–water partition coefficient (Wildman–Crippen LogP) is 4.56. The summed E-state index contributed by atoms with van der Waals surface area (Å²) in [6.07, 6.45) is -3.55. The fourth-order valence-corrected chi connectivity index (χ4v) is 6.64. The minimum atomic E-state index is -1.10. The zero-order chi connectivity index (χ0) is 29.2. The number of ketones is 1. The van der Waals surface area contributed by atoms with Crippen molar-refractivity contribution in [1.82, 2.24) is 4.90 Å². The minimum Gasteiger partial charge on any atom is -0.457 e. The molecule has 3 aliphatic heterocycles. The highest BCUT2D eigenvalue weighted by Gasteiger charge is 2.57. The van der Waals surface area contributed by atoms with Crippen LogP contribution >= 0.6 is 11.8 Å². The summed E-state index contributed by atoms with van der Waals surface area (Å²) >= 11 is 1.32. The maximum Gasteiger partial charge on any atom is 0.306 e. The molecule has 10 heteroatoms. The third kappa shape index (κ3) is 5.63. The molecule has 3 heterocycles. The molecule has 2 fully saturated rings. The maximum absolute atomic E-state index is 13.8. The highest BCUT2D eigenvalue weighted by Crippen LogP contribution is 2.43. The summed E-state index contributed by atoms with van der Waals surface area (Å²) in [5.41, 5.74) is 0.479. The topological polar surface area (TPSA) is 108 Å². The number of amides is 2. The number of benzene rings is 3. The van der Waals surface area contributed by atoms with E-state index in [-0.39, 0.29) is 36.4 Å². The molecule has 0 aromatic heterocycles. The van der Waals surface area contributed by atoms with Gasteiger partial charge >= 0.3 is 5.97 Å². The highest BCUT2D eigenvalue weighted by molar-refractivity contribution is 7.99. The Morgan fingerprint density at radius 3 is 2.12 bits per heavy atom. The van der Waals surface area contributed by atoms with Crippen molar-refractivity contribution in [3.05, 3.63) is 102 Å². The number of imide groups is 1. The Bertz CT molecular complexity index is 1450. The second-order valence-electron chi connectivity index (χ2n) is 10.3. The van der Waals surface area contributed by atoms with Crippen LogP contribution in [-0.4, -0.2) is 64.9 Å². The number of carbonyl (C=O) groups excluding carboxylic acids is 4. The molecule has 3 aromatic carbocycles. The summed E-state index contributed by atoms with van der Waals surface area (Å²) in [6.45, 7) is 1.53. The fraction of sp³-hybridized carbons (Fsp3) is 0.312. The van der Waals surface area contributed by atoms with Crippen LogP contribution in [0.4, 0.5) is 0 Å². The number of ether oxygens (including phenoxy) is 4. The maximum atomic E-state index is 13.8. The first-order chi connectivity index (χ1) is 20.4. The Morgan fingerprint density at radius 1 is 0.857 bits per heavy atom. The molecule has 0 radical (unpaired) electrons. The monoisotopic (exact) mass is 587 g/mol. The zero-order valence-corrected chi connectivity index (χ0v) is 23.6. The van der Waals surface area contributed by atoms with Gasteiger partial charge in [0, 0.05) is 16.9 Å². The second kappa shape index (κ2) is 12.2. The van der Waals surface area contributed by atoms with E-state index in [1.54, 1.807) is 24.3 Å². The molecule has 2 amide bonds. The average Bonchev–Trinajstić information content (AvgIpc) is 3.26. The lowest BCUT2D eigenvalue weighted by Gasteiger charge is -2.50. The number of esters is 1. The van der Waals surface area contributed by atoms with Gasteiger partial charge in [-0.05, 0) is 31.2 Å². The fourth-order valence-electron chi connectivity index (χ4n) is 5.44. The van der Waals surface area contributed by atoms with Crippen molar-refractivity contribution >= 4 is 35.3 Å². The zero-order valence-electron chi connectivity index (χ0n) is 22.8. The number of hydrogen-bond acceptors (Lipinski definition) is 9. The van der Waals surface area contributed by atoms with Crippen LogP contribution in [0, 0.1) is 0 Å². The number of rotatable bonds is 8. The van der Waals surface area contributed by atoms with Crippen molar-refractivity contribution < 1.29 is 38.1 Å². The van der Waals surface area contributed by atoms with Crippen LogP contribution in [0.5, 0.6) is 0 Å². The van der Waals surface area contributed by atoms with Crippen molar-refractivity contribution in [2.24, 2.45) is 0 Å². The van der Waals surface area contributed by atoms with E-state index in [1.165, 1.54) is 18.7 Å². The van der Waals surface area contributed by atoms with Crippen molar-refractivity contribution in [3.8, 4) is 0 Å². The van der Waals surface area contributed by atoms with Gasteiger partial charge in [0.2, 0.25) is 0 Å². The molecule has 216 valence electrons. The van der Waals surface area contributed by atoms with Crippen LogP contribution in [0.25, 0.3) is 0 Å². The Kier molecular flexibility index (Phi) is 8.21. The molecule has 0 saturated carbocycles. The molecule has 2 saturated heterocycles. The van der Waals surface area contributed by atoms with Crippen LogP contribution in [0.2, 0.25) is 0 Å². The number of thioether (sulfide) groups is 1. The Hall–Kier alpha value is -3.83. The second-order valence-corrected chi connectivity index (χ2v) is 11.5. The van der Waals surface area contributed by atoms with Gasteiger partial charge in [-0.15, -0.1) is 0 Å². The molecule has 1 unspecified atom stereocenters. The van der Waals surface area contributed by atoms with Crippen LogP contribution in [0.3, 0.4) is 0 Å². The van der Waals surface area contributed by atoms with Gasteiger partial charge < -0.3 is 23.7 Å². The van der Waals surface area contributed by atoms with Gasteiger partial charge in [-0.1, -0.05) is 72.4 Å². The lowest BCUT2D eigenvalue weighted by molar-refractivity contribution is -0.311. The standard InChI is InChI=1S/C32H29NO8S/c1-19(34)16-17-25(35)40-28-26(33-29(36)22-14-8-9-15-23(22)30(33)37)32(42-21-12-6-3-7-13-21)39-24-18-38-31(41-27(24)28)20-10-4-2-5-11-20/h2-15,24,26-28,31-32H,16-18H2,1H3/t24-,26-,27-,28-,31?,32+/m1/s1. The van der Waals surface area contributed by atoms with Crippen LogP contribution < -0.4 is 0 Å². The smallest absolute Gasteiger partial charge is 0.306 e. The van der Waals surface area contributed by atoms with E-state index in [4.69, 9.17) is 18.9 Å². The molecule has 0 aliphatic carbocycles. The molecule has 9 nitrogen and oxygen atoms in total. The molecule has 0 N–H and O–H groups in total. The van der Waals surface area contributed by atoms with Gasteiger partial charge in [-0.2, -0.15) is 0 Å². The molecular formula is C32H29NO8S. The molecule has 6 rings (SSSR count). The molecule has 6 atom stereocenters.